The lowest BCUT2D eigenvalue weighted by Gasteiger charge is -2.12. The molecule has 0 aliphatic carbocycles. The van der Waals surface area contributed by atoms with E-state index >= 15 is 0 Å². The molecule has 0 unspecified atom stereocenters. The third-order valence-electron chi connectivity index (χ3n) is 1.67. The third kappa shape index (κ3) is 2.39. The fraction of sp³-hybridized carbons (Fsp3) is 0.429. The number of aromatic nitrogens is 2. The molecule has 1 aromatic rings. The Labute approximate surface area is 82.5 Å². The van der Waals surface area contributed by atoms with Gasteiger partial charge in [-0.2, -0.15) is 13.2 Å². The molecule has 84 valence electrons. The zero-order valence-electron chi connectivity index (χ0n) is 7.67. The molecule has 0 radical (unpaired) electrons. The molecular formula is C7H8F3N3O2. The van der Waals surface area contributed by atoms with Gasteiger partial charge in [0.1, 0.15) is 5.69 Å². The lowest BCUT2D eigenvalue weighted by atomic mass is 10.5. The highest BCUT2D eigenvalue weighted by Gasteiger charge is 2.33. The topological polar surface area (TPSA) is 69.2 Å². The number of H-pyrrole nitrogens is 1. The average molecular weight is 223 g/mol. The fourth-order valence-electron chi connectivity index (χ4n) is 0.968. The molecule has 0 aliphatic heterocycles. The molecule has 0 aliphatic rings. The number of aromatic amines is 1. The van der Waals surface area contributed by atoms with Crippen LogP contribution in [-0.2, 0) is 6.18 Å². The Hall–Kier alpha value is -1.73. The highest BCUT2D eigenvalue weighted by atomic mass is 19.4. The molecule has 15 heavy (non-hydrogen) atoms. The summed E-state index contributed by atoms with van der Waals surface area (Å²) < 4.78 is 36.4. The standard InChI is InChI=1S/C7H8F3N3O2/c1-2-13(6(14)15)5-11-3-4(12-5)7(8,9)10/h3H,2H2,1H3,(H,11,12)(H,14,15). The average Bonchev–Trinajstić information content (AvgIpc) is 2.52. The molecule has 0 aromatic carbocycles. The summed E-state index contributed by atoms with van der Waals surface area (Å²) in [6.07, 6.45) is -5.36. The van der Waals surface area contributed by atoms with Crippen LogP contribution in [0.3, 0.4) is 0 Å². The van der Waals surface area contributed by atoms with E-state index in [0.29, 0.717) is 11.1 Å². The molecule has 5 nitrogen and oxygen atoms in total. The maximum absolute atomic E-state index is 12.1. The summed E-state index contributed by atoms with van der Waals surface area (Å²) in [5.41, 5.74) is -1.07. The monoisotopic (exact) mass is 223 g/mol. The zero-order valence-corrected chi connectivity index (χ0v) is 7.67. The Balaban J connectivity index is 2.97. The van der Waals surface area contributed by atoms with Gasteiger partial charge in [-0.15, -0.1) is 0 Å². The van der Waals surface area contributed by atoms with Gasteiger partial charge in [0.05, 0.1) is 6.20 Å². The summed E-state index contributed by atoms with van der Waals surface area (Å²) in [4.78, 5) is 16.5. The molecule has 0 atom stereocenters. The highest BCUT2D eigenvalue weighted by Crippen LogP contribution is 2.28. The highest BCUT2D eigenvalue weighted by molar-refractivity contribution is 5.83. The molecule has 1 rings (SSSR count). The number of imidazole rings is 1. The van der Waals surface area contributed by atoms with E-state index in [1.807, 2.05) is 4.98 Å². The van der Waals surface area contributed by atoms with Crippen molar-refractivity contribution in [2.24, 2.45) is 0 Å². The van der Waals surface area contributed by atoms with E-state index < -0.39 is 18.0 Å². The molecule has 1 heterocycles. The van der Waals surface area contributed by atoms with Gasteiger partial charge in [-0.25, -0.2) is 14.7 Å². The van der Waals surface area contributed by atoms with E-state index in [-0.39, 0.29) is 12.5 Å². The number of carbonyl (C=O) groups is 1. The van der Waals surface area contributed by atoms with E-state index in [0.717, 1.165) is 0 Å². The molecular weight excluding hydrogens is 215 g/mol. The maximum atomic E-state index is 12.1. The second-order valence-corrected chi connectivity index (χ2v) is 2.65. The number of carboxylic acid groups (broad SMARTS) is 1. The molecule has 8 heteroatoms. The van der Waals surface area contributed by atoms with Crippen molar-refractivity contribution in [1.29, 1.82) is 0 Å². The number of nitrogens with one attached hydrogen (secondary N) is 1. The van der Waals surface area contributed by atoms with Gasteiger partial charge in [0, 0.05) is 6.54 Å². The van der Waals surface area contributed by atoms with Crippen molar-refractivity contribution in [2.75, 3.05) is 11.4 Å². The predicted molar refractivity (Wildman–Crippen MR) is 44.6 cm³/mol. The number of hydrogen-bond acceptors (Lipinski definition) is 2. The van der Waals surface area contributed by atoms with Crippen LogP contribution in [0.4, 0.5) is 23.9 Å². The Kier molecular flexibility index (Phi) is 2.87. The van der Waals surface area contributed by atoms with Crippen molar-refractivity contribution in [3.8, 4) is 0 Å². The van der Waals surface area contributed by atoms with Crippen molar-refractivity contribution in [1.82, 2.24) is 9.97 Å². The third-order valence-corrected chi connectivity index (χ3v) is 1.67. The van der Waals surface area contributed by atoms with Crippen LogP contribution in [-0.4, -0.2) is 27.7 Å². The Morgan fingerprint density at radius 1 is 1.67 bits per heavy atom. The first-order chi connectivity index (χ1) is 6.86. The number of halogens is 3. The molecule has 0 fully saturated rings. The van der Waals surface area contributed by atoms with Crippen molar-refractivity contribution in [2.45, 2.75) is 13.1 Å². The van der Waals surface area contributed by atoms with Gasteiger partial charge in [-0.1, -0.05) is 0 Å². The Morgan fingerprint density at radius 3 is 2.60 bits per heavy atom. The largest absolute Gasteiger partial charge is 0.465 e. The molecule has 0 saturated heterocycles. The SMILES string of the molecule is CCN(C(=O)O)c1ncc(C(F)(F)F)[nH]1. The number of anilines is 1. The molecule has 0 spiro atoms. The van der Waals surface area contributed by atoms with E-state index in [9.17, 15) is 18.0 Å². The van der Waals surface area contributed by atoms with Crippen LogP contribution in [0, 0.1) is 0 Å². The Morgan fingerprint density at radius 2 is 2.27 bits per heavy atom. The van der Waals surface area contributed by atoms with Gasteiger partial charge < -0.3 is 10.1 Å². The first-order valence-corrected chi connectivity index (χ1v) is 3.99. The molecule has 0 saturated carbocycles. The second kappa shape index (κ2) is 3.79. The van der Waals surface area contributed by atoms with Gasteiger partial charge in [0.2, 0.25) is 5.95 Å². The normalized spacial score (nSPS) is 11.5. The van der Waals surface area contributed by atoms with E-state index in [2.05, 4.69) is 4.98 Å². The maximum Gasteiger partial charge on any atom is 0.432 e. The van der Waals surface area contributed by atoms with Crippen LogP contribution in [0.25, 0.3) is 0 Å². The quantitative estimate of drug-likeness (QED) is 0.804. The van der Waals surface area contributed by atoms with E-state index in [4.69, 9.17) is 5.11 Å². The summed E-state index contributed by atoms with van der Waals surface area (Å²) in [5, 5.41) is 8.62. The van der Waals surface area contributed by atoms with Crippen molar-refractivity contribution >= 4 is 12.0 Å². The van der Waals surface area contributed by atoms with Crippen LogP contribution >= 0.6 is 0 Å². The zero-order chi connectivity index (χ0) is 11.6. The second-order valence-electron chi connectivity index (χ2n) is 2.65. The van der Waals surface area contributed by atoms with Crippen molar-refractivity contribution < 1.29 is 23.1 Å². The first-order valence-electron chi connectivity index (χ1n) is 3.99. The van der Waals surface area contributed by atoms with Gasteiger partial charge in [0.15, 0.2) is 0 Å². The fourth-order valence-corrected chi connectivity index (χ4v) is 0.968. The molecule has 2 N–H and O–H groups in total. The number of alkyl halides is 3. The van der Waals surface area contributed by atoms with Gasteiger partial charge >= 0.3 is 12.3 Å². The minimum Gasteiger partial charge on any atom is -0.465 e. The number of rotatable bonds is 2. The summed E-state index contributed by atoms with van der Waals surface area (Å²) in [6, 6.07) is 0. The summed E-state index contributed by atoms with van der Waals surface area (Å²) >= 11 is 0. The summed E-state index contributed by atoms with van der Waals surface area (Å²) in [5.74, 6) is -0.336. The van der Waals surface area contributed by atoms with Crippen molar-refractivity contribution in [3.63, 3.8) is 0 Å². The number of amides is 1. The minimum atomic E-state index is -4.55. The van der Waals surface area contributed by atoms with E-state index in [1.54, 1.807) is 0 Å². The summed E-state index contributed by atoms with van der Waals surface area (Å²) in [7, 11) is 0. The van der Waals surface area contributed by atoms with Crippen LogP contribution in [0.1, 0.15) is 12.6 Å². The molecule has 0 bridgehead atoms. The van der Waals surface area contributed by atoms with Crippen LogP contribution in [0.5, 0.6) is 0 Å². The minimum absolute atomic E-state index is 0.0140. The van der Waals surface area contributed by atoms with Crippen LogP contribution in [0.2, 0.25) is 0 Å². The summed E-state index contributed by atoms with van der Waals surface area (Å²) in [6.45, 7) is 1.50. The van der Waals surface area contributed by atoms with E-state index in [1.165, 1.54) is 6.92 Å². The smallest absolute Gasteiger partial charge is 0.432 e. The molecule has 1 amide bonds. The first kappa shape index (κ1) is 11.3. The lowest BCUT2D eigenvalue weighted by Crippen LogP contribution is -2.29. The lowest BCUT2D eigenvalue weighted by molar-refractivity contribution is -0.140. The predicted octanol–water partition coefficient (Wildman–Crippen LogP) is 1.93. The number of nitrogens with zero attached hydrogens (tertiary/aromatic N) is 2. The van der Waals surface area contributed by atoms with Crippen LogP contribution < -0.4 is 4.90 Å². The van der Waals surface area contributed by atoms with Gasteiger partial charge in [-0.05, 0) is 6.92 Å². The number of hydrogen-bond donors (Lipinski definition) is 2. The van der Waals surface area contributed by atoms with Gasteiger partial charge in [0.25, 0.3) is 0 Å². The van der Waals surface area contributed by atoms with Gasteiger partial charge in [-0.3, -0.25) is 0 Å². The molecule has 1 aromatic heterocycles. The Bertz CT molecular complexity index is 361. The van der Waals surface area contributed by atoms with Crippen LogP contribution in [0.15, 0.2) is 6.20 Å². The van der Waals surface area contributed by atoms with Crippen molar-refractivity contribution in [3.05, 3.63) is 11.9 Å².